The van der Waals surface area contributed by atoms with Gasteiger partial charge in [0.05, 0.1) is 0 Å². The molecule has 0 spiro atoms. The molecule has 3 aromatic rings. The lowest BCUT2D eigenvalue weighted by Crippen LogP contribution is -1.81. The van der Waals surface area contributed by atoms with E-state index in [1.807, 2.05) is 48.6 Å². The molecule has 0 fully saturated rings. The number of hydrogen-bond acceptors (Lipinski definition) is 0. The lowest BCUT2D eigenvalue weighted by atomic mass is 10.0. The first kappa shape index (κ1) is 20.8. The second-order valence-corrected chi connectivity index (χ2v) is 6.73. The summed E-state index contributed by atoms with van der Waals surface area (Å²) in [6.45, 7) is 7.89. The molecule has 0 N–H and O–H groups in total. The van der Waals surface area contributed by atoms with Gasteiger partial charge in [0, 0.05) is 0 Å². The quantitative estimate of drug-likeness (QED) is 0.342. The zero-order valence-electron chi connectivity index (χ0n) is 17.1. The molecule has 0 aliphatic carbocycles. The summed E-state index contributed by atoms with van der Waals surface area (Å²) in [5.74, 6) is 0. The van der Waals surface area contributed by atoms with Crippen LogP contribution in [0.1, 0.15) is 22.3 Å². The van der Waals surface area contributed by atoms with Gasteiger partial charge in [-0.3, -0.25) is 0 Å². The van der Waals surface area contributed by atoms with Gasteiger partial charge in [-0.05, 0) is 33.4 Å². The molecule has 0 unspecified atom stereocenters. The Morgan fingerprint density at radius 2 is 0.867 bits per heavy atom. The van der Waals surface area contributed by atoms with E-state index >= 15 is 0 Å². The maximum absolute atomic E-state index is 3.94. The Kier molecular flexibility index (Phi) is 7.77. The Morgan fingerprint density at radius 3 is 1.23 bits per heavy atom. The van der Waals surface area contributed by atoms with Crippen molar-refractivity contribution in [1.82, 2.24) is 0 Å². The molecule has 0 nitrogen and oxygen atoms in total. The molecule has 0 amide bonds. The lowest BCUT2D eigenvalue weighted by Gasteiger charge is -2.02. The van der Waals surface area contributed by atoms with Crippen LogP contribution >= 0.6 is 0 Å². The second kappa shape index (κ2) is 11.2. The summed E-state index contributed by atoms with van der Waals surface area (Å²) in [4.78, 5) is 0. The van der Waals surface area contributed by atoms with E-state index in [2.05, 4.69) is 98.1 Å². The maximum atomic E-state index is 3.94. The van der Waals surface area contributed by atoms with E-state index < -0.39 is 0 Å². The lowest BCUT2D eigenvalue weighted by molar-refractivity contribution is 1.60. The van der Waals surface area contributed by atoms with Gasteiger partial charge in [-0.2, -0.15) is 0 Å². The van der Waals surface area contributed by atoms with Gasteiger partial charge in [0.1, 0.15) is 0 Å². The molecule has 30 heavy (non-hydrogen) atoms. The molecule has 0 saturated carbocycles. The third-order valence-corrected chi connectivity index (χ3v) is 4.75. The average molecular weight is 387 g/mol. The zero-order valence-corrected chi connectivity index (χ0v) is 17.1. The highest BCUT2D eigenvalue weighted by molar-refractivity contribution is 5.78. The molecular formula is C30H26. The molecule has 0 aliphatic heterocycles. The van der Waals surface area contributed by atoms with Crippen molar-refractivity contribution in [3.05, 3.63) is 157 Å². The van der Waals surface area contributed by atoms with Crippen molar-refractivity contribution in [3.8, 4) is 0 Å². The minimum absolute atomic E-state index is 1.10. The Morgan fingerprint density at radius 1 is 0.500 bits per heavy atom. The third-order valence-electron chi connectivity index (χ3n) is 4.75. The van der Waals surface area contributed by atoms with Gasteiger partial charge in [-0.25, -0.2) is 0 Å². The molecule has 0 bridgehead atoms. The second-order valence-electron chi connectivity index (χ2n) is 6.73. The first-order valence-electron chi connectivity index (χ1n) is 10.0. The van der Waals surface area contributed by atoms with E-state index in [1.54, 1.807) is 0 Å². The fourth-order valence-corrected chi connectivity index (χ4v) is 3.15. The predicted molar refractivity (Wildman–Crippen MR) is 134 cm³/mol. The summed E-state index contributed by atoms with van der Waals surface area (Å²) < 4.78 is 0. The minimum atomic E-state index is 1.10. The molecule has 3 rings (SSSR count). The summed E-state index contributed by atoms with van der Waals surface area (Å²) >= 11 is 0. The highest BCUT2D eigenvalue weighted by Crippen LogP contribution is 2.18. The van der Waals surface area contributed by atoms with E-state index in [-0.39, 0.29) is 0 Å². The molecule has 146 valence electrons. The fraction of sp³-hybridized carbons (Fsp3) is 0. The smallest absolute Gasteiger partial charge is 0.0184 e. The van der Waals surface area contributed by atoms with Gasteiger partial charge in [-0.15, -0.1) is 0 Å². The largest absolute Gasteiger partial charge is 0.0984 e. The van der Waals surface area contributed by atoms with Crippen LogP contribution < -0.4 is 0 Å². The normalized spacial score (nSPS) is 12.4. The molecular weight excluding hydrogens is 360 g/mol. The maximum Gasteiger partial charge on any atom is -0.0184 e. The minimum Gasteiger partial charge on any atom is -0.0984 e. The Bertz CT molecular complexity index is 1000. The summed E-state index contributed by atoms with van der Waals surface area (Å²) in [6, 6.07) is 28.9. The highest BCUT2D eigenvalue weighted by atomic mass is 14.0. The van der Waals surface area contributed by atoms with Crippen molar-refractivity contribution in [2.45, 2.75) is 0 Å². The number of allylic oxidation sites excluding steroid dienone is 8. The number of benzene rings is 3. The van der Waals surface area contributed by atoms with Crippen LogP contribution in [-0.4, -0.2) is 0 Å². The van der Waals surface area contributed by atoms with Crippen LogP contribution in [-0.2, 0) is 0 Å². The Balaban J connectivity index is 1.80. The highest BCUT2D eigenvalue weighted by Gasteiger charge is 1.97. The van der Waals surface area contributed by atoms with E-state index in [4.69, 9.17) is 0 Å². The standard InChI is InChI=1S/C30H26/c1-3-25(27-15-7-5-8-16-27)21-13-23-29-19-11-12-20-30(29)24-14-22-26(4-2)28-17-9-6-10-18-28/h3-24H,1-2H2/b23-13+,24-14+,25-21+,26-22+. The van der Waals surface area contributed by atoms with Crippen molar-refractivity contribution >= 4 is 23.3 Å². The van der Waals surface area contributed by atoms with E-state index in [0.717, 1.165) is 33.4 Å². The van der Waals surface area contributed by atoms with Crippen LogP contribution in [0.15, 0.2) is 135 Å². The summed E-state index contributed by atoms with van der Waals surface area (Å²) in [6.07, 6.45) is 16.4. The summed E-state index contributed by atoms with van der Waals surface area (Å²) in [5.41, 5.74) is 6.84. The van der Waals surface area contributed by atoms with Crippen molar-refractivity contribution < 1.29 is 0 Å². The van der Waals surface area contributed by atoms with Gasteiger partial charge in [0.15, 0.2) is 0 Å². The summed E-state index contributed by atoms with van der Waals surface area (Å²) in [5, 5.41) is 0. The van der Waals surface area contributed by atoms with Gasteiger partial charge in [0.25, 0.3) is 0 Å². The van der Waals surface area contributed by atoms with Crippen molar-refractivity contribution in [1.29, 1.82) is 0 Å². The van der Waals surface area contributed by atoms with E-state index in [9.17, 15) is 0 Å². The van der Waals surface area contributed by atoms with E-state index in [0.29, 0.717) is 0 Å². The van der Waals surface area contributed by atoms with Crippen molar-refractivity contribution in [2.75, 3.05) is 0 Å². The SMILES string of the molecule is C=C/C(=C\C=C\c1ccccc1/C=C/C=C(\C=C)c1ccccc1)c1ccccc1. The first-order valence-corrected chi connectivity index (χ1v) is 10.0. The first-order chi connectivity index (χ1) is 14.8. The molecule has 0 aliphatic rings. The van der Waals surface area contributed by atoms with Crippen molar-refractivity contribution in [3.63, 3.8) is 0 Å². The fourth-order valence-electron chi connectivity index (χ4n) is 3.15. The monoisotopic (exact) mass is 386 g/mol. The summed E-state index contributed by atoms with van der Waals surface area (Å²) in [7, 11) is 0. The van der Waals surface area contributed by atoms with Crippen LogP contribution in [0.2, 0.25) is 0 Å². The third kappa shape index (κ3) is 5.80. The molecule has 0 radical (unpaired) electrons. The topological polar surface area (TPSA) is 0 Å². The zero-order chi connectivity index (χ0) is 21.0. The van der Waals surface area contributed by atoms with Crippen LogP contribution in [0.3, 0.4) is 0 Å². The van der Waals surface area contributed by atoms with Crippen LogP contribution in [0, 0.1) is 0 Å². The molecule has 0 atom stereocenters. The Hall–Kier alpha value is -3.90. The molecule has 0 heteroatoms. The average Bonchev–Trinajstić information content (AvgIpc) is 2.81. The molecule has 0 aromatic heterocycles. The van der Waals surface area contributed by atoms with Crippen LogP contribution in [0.25, 0.3) is 23.3 Å². The number of hydrogen-bond donors (Lipinski definition) is 0. The Labute approximate surface area is 180 Å². The predicted octanol–water partition coefficient (Wildman–Crippen LogP) is 8.25. The van der Waals surface area contributed by atoms with Crippen LogP contribution in [0.5, 0.6) is 0 Å². The van der Waals surface area contributed by atoms with Gasteiger partial charge >= 0.3 is 0 Å². The van der Waals surface area contributed by atoms with Crippen LogP contribution in [0.4, 0.5) is 0 Å². The van der Waals surface area contributed by atoms with Gasteiger partial charge < -0.3 is 0 Å². The van der Waals surface area contributed by atoms with Gasteiger partial charge in [0.2, 0.25) is 0 Å². The number of rotatable bonds is 8. The molecule has 0 heterocycles. The molecule has 0 saturated heterocycles. The molecule has 3 aromatic carbocycles. The van der Waals surface area contributed by atoms with E-state index in [1.165, 1.54) is 0 Å². The van der Waals surface area contributed by atoms with Gasteiger partial charge in [-0.1, -0.05) is 147 Å². The van der Waals surface area contributed by atoms with Crippen molar-refractivity contribution in [2.24, 2.45) is 0 Å².